The van der Waals surface area contributed by atoms with Crippen LogP contribution in [0.3, 0.4) is 0 Å². The summed E-state index contributed by atoms with van der Waals surface area (Å²) in [5.74, 6) is -0.731. The van der Waals surface area contributed by atoms with E-state index >= 15 is 0 Å². The van der Waals surface area contributed by atoms with E-state index in [1.165, 1.54) is 25.5 Å². The van der Waals surface area contributed by atoms with Crippen LogP contribution in [-0.2, 0) is 14.8 Å². The zero-order chi connectivity index (χ0) is 21.6. The number of carbonyl (C=O) groups excluding carboxylic acids is 1. The molecule has 0 bridgehead atoms. The predicted molar refractivity (Wildman–Crippen MR) is 113 cm³/mol. The molecule has 0 spiro atoms. The Hall–Kier alpha value is -3.05. The molecule has 9 nitrogen and oxygen atoms in total. The number of amides is 1. The number of hydrogen-bond acceptors (Lipinski definition) is 8. The fourth-order valence-electron chi connectivity index (χ4n) is 2.40. The smallest absolute Gasteiger partial charge is 0.276 e. The van der Waals surface area contributed by atoms with Gasteiger partial charge in [-0.05, 0) is 56.2 Å². The summed E-state index contributed by atoms with van der Waals surface area (Å²) in [4.78, 5) is 15.5. The summed E-state index contributed by atoms with van der Waals surface area (Å²) in [6.45, 7) is 8.47. The van der Waals surface area contributed by atoms with Crippen LogP contribution in [0.1, 0.15) is 28.5 Å². The molecule has 0 unspecified atom stereocenters. The van der Waals surface area contributed by atoms with E-state index in [1.54, 1.807) is 26.0 Å². The van der Waals surface area contributed by atoms with Crippen LogP contribution in [0.25, 0.3) is 0 Å². The molecule has 154 valence electrons. The van der Waals surface area contributed by atoms with Gasteiger partial charge in [-0.15, -0.1) is 5.10 Å². The Morgan fingerprint density at radius 2 is 1.97 bits per heavy atom. The van der Waals surface area contributed by atoms with Crippen LogP contribution in [0.15, 0.2) is 51.1 Å². The van der Waals surface area contributed by atoms with Gasteiger partial charge in [0, 0.05) is 11.1 Å². The van der Waals surface area contributed by atoms with Crippen molar-refractivity contribution in [1.82, 2.24) is 14.9 Å². The molecule has 1 heterocycles. The fraction of sp³-hybridized carbons (Fsp3) is 0.222. The number of rotatable bonds is 8. The number of carbonyl (C=O) groups is 1. The molecule has 0 fully saturated rings. The number of sulfonamides is 1. The molecular weight excluding hydrogens is 414 g/mol. The molecule has 0 atom stereocenters. The highest BCUT2D eigenvalue weighted by molar-refractivity contribution is 7.96. The lowest BCUT2D eigenvalue weighted by molar-refractivity contribution is 0.0961. The number of hydrogen-bond donors (Lipinski definition) is 2. The van der Waals surface area contributed by atoms with E-state index in [2.05, 4.69) is 31.3 Å². The predicted octanol–water partition coefficient (Wildman–Crippen LogP) is 2.75. The Bertz CT molecular complexity index is 1050. The van der Waals surface area contributed by atoms with E-state index in [9.17, 15) is 13.2 Å². The van der Waals surface area contributed by atoms with Gasteiger partial charge in [0.25, 0.3) is 15.9 Å². The molecule has 1 aromatic heterocycles. The summed E-state index contributed by atoms with van der Waals surface area (Å²) in [5, 5.41) is 7.71. The quantitative estimate of drug-likeness (QED) is 0.373. The van der Waals surface area contributed by atoms with Crippen molar-refractivity contribution in [3.05, 3.63) is 63.0 Å². The lowest BCUT2D eigenvalue weighted by Crippen LogP contribution is -2.23. The number of aliphatic imine (C=N–C) groups is 1. The van der Waals surface area contributed by atoms with Gasteiger partial charge >= 0.3 is 0 Å². The second-order valence-corrected chi connectivity index (χ2v) is 8.24. The third kappa shape index (κ3) is 5.48. The minimum absolute atomic E-state index is 0.124. The highest BCUT2D eigenvalue weighted by atomic mass is 32.2. The first-order valence-corrected chi connectivity index (χ1v) is 10.6. The maximum Gasteiger partial charge on any atom is 0.276 e. The van der Waals surface area contributed by atoms with Crippen molar-refractivity contribution in [3.8, 4) is 0 Å². The molecule has 2 rings (SSSR count). The van der Waals surface area contributed by atoms with Crippen LogP contribution in [0.2, 0.25) is 0 Å². The zero-order valence-electron chi connectivity index (χ0n) is 16.4. The molecule has 0 radical (unpaired) electrons. The number of nitrogens with zero attached hydrogens (tertiary/aromatic N) is 3. The molecule has 1 amide bonds. The minimum Gasteiger partial charge on any atom is -0.480 e. The molecule has 0 saturated heterocycles. The number of methoxy groups -OCH3 is 1. The molecule has 2 N–H and O–H groups in total. The Balaban J connectivity index is 2.43. The third-order valence-electron chi connectivity index (χ3n) is 3.81. The normalized spacial score (nSPS) is 12.8. The average molecular weight is 436 g/mol. The maximum absolute atomic E-state index is 13.1. The number of aromatic nitrogens is 2. The van der Waals surface area contributed by atoms with Gasteiger partial charge in [0.05, 0.1) is 12.8 Å². The number of ether oxygens (including phenoxy) is 1. The molecule has 1 aromatic carbocycles. The summed E-state index contributed by atoms with van der Waals surface area (Å²) in [7, 11) is -2.83. The second kappa shape index (κ2) is 9.43. The summed E-state index contributed by atoms with van der Waals surface area (Å²) in [5.41, 5.74) is 2.32. The van der Waals surface area contributed by atoms with Crippen LogP contribution < -0.4 is 10.0 Å². The number of allylic oxidation sites excluding steroid dienone is 2. The van der Waals surface area contributed by atoms with E-state index in [-0.39, 0.29) is 22.2 Å². The van der Waals surface area contributed by atoms with Crippen molar-refractivity contribution in [1.29, 1.82) is 0 Å². The van der Waals surface area contributed by atoms with Gasteiger partial charge in [0.1, 0.15) is 0 Å². The van der Waals surface area contributed by atoms with Crippen molar-refractivity contribution >= 4 is 39.9 Å². The van der Waals surface area contributed by atoms with Crippen LogP contribution in [-0.4, -0.2) is 37.7 Å². The summed E-state index contributed by atoms with van der Waals surface area (Å²) < 4.78 is 37.5. The zero-order valence-corrected chi connectivity index (χ0v) is 18.0. The molecule has 0 aliphatic carbocycles. The van der Waals surface area contributed by atoms with Crippen LogP contribution in [0.4, 0.5) is 5.69 Å². The Morgan fingerprint density at radius 1 is 1.31 bits per heavy atom. The SMILES string of the molecule is C=N/C(OC)=C(\C=C(/C)NC(=O)c1csnn1)S(=O)(=O)Nc1c(C)cccc1C. The van der Waals surface area contributed by atoms with E-state index in [1.807, 2.05) is 6.07 Å². The molecule has 2 aromatic rings. The van der Waals surface area contributed by atoms with Crippen LogP contribution in [0.5, 0.6) is 0 Å². The van der Waals surface area contributed by atoms with Gasteiger partial charge in [-0.3, -0.25) is 9.52 Å². The van der Waals surface area contributed by atoms with Gasteiger partial charge in [-0.2, -0.15) is 0 Å². The van der Waals surface area contributed by atoms with Gasteiger partial charge < -0.3 is 10.1 Å². The van der Waals surface area contributed by atoms with Crippen molar-refractivity contribution < 1.29 is 17.9 Å². The first-order chi connectivity index (χ1) is 13.7. The van der Waals surface area contributed by atoms with Crippen molar-refractivity contribution in [2.75, 3.05) is 11.8 Å². The molecule has 0 aliphatic rings. The second-order valence-electron chi connectivity index (χ2n) is 5.98. The van der Waals surface area contributed by atoms with E-state index in [4.69, 9.17) is 4.74 Å². The Kier molecular flexibility index (Phi) is 7.23. The molecular formula is C18H21N5O4S2. The summed E-state index contributed by atoms with van der Waals surface area (Å²) in [6.07, 6.45) is 1.24. The lowest BCUT2D eigenvalue weighted by atomic mass is 10.1. The van der Waals surface area contributed by atoms with E-state index < -0.39 is 15.9 Å². The first kappa shape index (κ1) is 22.2. The van der Waals surface area contributed by atoms with Crippen molar-refractivity contribution in [2.45, 2.75) is 20.8 Å². The standard InChI is InChI=1S/C18H21N5O4S2/c1-11-7-6-8-12(2)16(11)22-29(25,26)15(18(19-4)27-5)9-13(3)20-17(24)14-10-28-23-21-14/h6-10,22H,4H2,1-3,5H3,(H,20,24)/b13-9+,18-15-. The topological polar surface area (TPSA) is 123 Å². The molecule has 0 aliphatic heterocycles. The average Bonchev–Trinajstić information content (AvgIpc) is 3.20. The van der Waals surface area contributed by atoms with Gasteiger partial charge in [0.2, 0.25) is 5.88 Å². The number of para-hydroxylation sites is 1. The first-order valence-electron chi connectivity index (χ1n) is 8.30. The number of nitrogens with one attached hydrogen (secondary N) is 2. The Morgan fingerprint density at radius 3 is 2.48 bits per heavy atom. The largest absolute Gasteiger partial charge is 0.480 e. The van der Waals surface area contributed by atoms with Crippen LogP contribution >= 0.6 is 11.5 Å². The fourth-order valence-corrected chi connectivity index (χ4v) is 4.25. The monoisotopic (exact) mass is 435 g/mol. The summed E-state index contributed by atoms with van der Waals surface area (Å²) >= 11 is 1.03. The minimum atomic E-state index is -4.11. The molecule has 11 heteroatoms. The van der Waals surface area contributed by atoms with Gasteiger partial charge in [-0.1, -0.05) is 22.7 Å². The summed E-state index contributed by atoms with van der Waals surface area (Å²) in [6, 6.07) is 5.42. The van der Waals surface area contributed by atoms with Crippen LogP contribution in [0, 0.1) is 13.8 Å². The molecule has 29 heavy (non-hydrogen) atoms. The van der Waals surface area contributed by atoms with E-state index in [0.29, 0.717) is 5.69 Å². The highest BCUT2D eigenvalue weighted by Gasteiger charge is 2.24. The Labute approximate surface area is 173 Å². The highest BCUT2D eigenvalue weighted by Crippen LogP contribution is 2.25. The third-order valence-corrected chi connectivity index (χ3v) is 5.65. The molecule has 0 saturated carbocycles. The maximum atomic E-state index is 13.1. The van der Waals surface area contributed by atoms with Gasteiger partial charge in [0.15, 0.2) is 10.6 Å². The van der Waals surface area contributed by atoms with Crippen molar-refractivity contribution in [2.24, 2.45) is 4.99 Å². The van der Waals surface area contributed by atoms with Gasteiger partial charge in [-0.25, -0.2) is 13.4 Å². The van der Waals surface area contributed by atoms with E-state index in [0.717, 1.165) is 22.7 Å². The number of aryl methyl sites for hydroxylation is 2. The lowest BCUT2D eigenvalue weighted by Gasteiger charge is -2.15. The number of benzene rings is 1. The number of anilines is 1. The van der Waals surface area contributed by atoms with Crippen molar-refractivity contribution in [3.63, 3.8) is 0 Å².